The largest absolute Gasteiger partial charge is 0.477 e. The molecular formula is C13H12N6O2. The highest BCUT2D eigenvalue weighted by molar-refractivity contribution is 5.86. The number of rotatable bonds is 4. The van der Waals surface area contributed by atoms with Crippen LogP contribution >= 0.6 is 0 Å². The Morgan fingerprint density at radius 1 is 1.29 bits per heavy atom. The number of nitrogens with one attached hydrogen (secondary N) is 1. The molecule has 0 bridgehead atoms. The highest BCUT2D eigenvalue weighted by Crippen LogP contribution is 2.18. The van der Waals surface area contributed by atoms with Crippen LogP contribution in [0.4, 0.5) is 5.82 Å². The third kappa shape index (κ3) is 2.50. The van der Waals surface area contributed by atoms with Gasteiger partial charge in [-0.3, -0.25) is 4.68 Å². The SMILES string of the molecule is Cn1ncc2c(NCc3ccc(C(=O)O)nc3)ncnc21. The van der Waals surface area contributed by atoms with Gasteiger partial charge in [-0.25, -0.2) is 19.7 Å². The minimum atomic E-state index is -1.04. The van der Waals surface area contributed by atoms with E-state index in [4.69, 9.17) is 5.11 Å². The first kappa shape index (κ1) is 13.0. The second kappa shape index (κ2) is 5.16. The van der Waals surface area contributed by atoms with Crippen LogP contribution in [-0.4, -0.2) is 35.8 Å². The van der Waals surface area contributed by atoms with Crippen LogP contribution in [0.3, 0.4) is 0 Å². The molecular weight excluding hydrogens is 272 g/mol. The molecule has 0 amide bonds. The van der Waals surface area contributed by atoms with Gasteiger partial charge in [-0.2, -0.15) is 5.10 Å². The number of aromatic carboxylic acids is 1. The number of hydrogen-bond donors (Lipinski definition) is 2. The Bertz CT molecular complexity index is 796. The molecule has 0 spiro atoms. The van der Waals surface area contributed by atoms with E-state index in [1.165, 1.54) is 18.6 Å². The summed E-state index contributed by atoms with van der Waals surface area (Å²) >= 11 is 0. The first-order chi connectivity index (χ1) is 10.1. The van der Waals surface area contributed by atoms with Crippen molar-refractivity contribution in [2.24, 2.45) is 7.05 Å². The molecule has 0 unspecified atom stereocenters. The summed E-state index contributed by atoms with van der Waals surface area (Å²) in [7, 11) is 1.81. The van der Waals surface area contributed by atoms with Crippen molar-refractivity contribution in [2.75, 3.05) is 5.32 Å². The van der Waals surface area contributed by atoms with Crippen LogP contribution < -0.4 is 5.32 Å². The second-order valence-corrected chi connectivity index (χ2v) is 4.44. The number of anilines is 1. The van der Waals surface area contributed by atoms with Gasteiger partial charge in [0.25, 0.3) is 0 Å². The van der Waals surface area contributed by atoms with Crippen molar-refractivity contribution in [1.82, 2.24) is 24.7 Å². The predicted molar refractivity (Wildman–Crippen MR) is 74.8 cm³/mol. The number of pyridine rings is 1. The number of fused-ring (bicyclic) bond motifs is 1. The summed E-state index contributed by atoms with van der Waals surface area (Å²) < 4.78 is 1.67. The van der Waals surface area contributed by atoms with Gasteiger partial charge in [0.2, 0.25) is 0 Å². The predicted octanol–water partition coefficient (Wildman–Crippen LogP) is 1.07. The number of carboxylic acid groups (broad SMARTS) is 1. The van der Waals surface area contributed by atoms with Gasteiger partial charge in [0.1, 0.15) is 17.8 Å². The first-order valence-corrected chi connectivity index (χ1v) is 6.20. The molecule has 21 heavy (non-hydrogen) atoms. The molecule has 0 fully saturated rings. The summed E-state index contributed by atoms with van der Waals surface area (Å²) in [6, 6.07) is 3.18. The van der Waals surface area contributed by atoms with Crippen molar-refractivity contribution >= 4 is 22.8 Å². The van der Waals surface area contributed by atoms with Gasteiger partial charge >= 0.3 is 5.97 Å². The molecule has 0 atom stereocenters. The zero-order valence-corrected chi connectivity index (χ0v) is 11.2. The first-order valence-electron chi connectivity index (χ1n) is 6.20. The van der Waals surface area contributed by atoms with Crippen molar-refractivity contribution in [3.8, 4) is 0 Å². The van der Waals surface area contributed by atoms with Gasteiger partial charge < -0.3 is 10.4 Å². The summed E-state index contributed by atoms with van der Waals surface area (Å²) in [6.07, 6.45) is 4.69. The van der Waals surface area contributed by atoms with E-state index in [1.54, 1.807) is 16.9 Å². The molecule has 0 aromatic carbocycles. The van der Waals surface area contributed by atoms with Crippen LogP contribution in [-0.2, 0) is 13.6 Å². The monoisotopic (exact) mass is 284 g/mol. The van der Waals surface area contributed by atoms with Gasteiger partial charge in [0.15, 0.2) is 5.65 Å². The van der Waals surface area contributed by atoms with Crippen molar-refractivity contribution in [1.29, 1.82) is 0 Å². The van der Waals surface area contributed by atoms with Gasteiger partial charge in [-0.05, 0) is 11.6 Å². The van der Waals surface area contributed by atoms with E-state index >= 15 is 0 Å². The lowest BCUT2D eigenvalue weighted by Gasteiger charge is -2.06. The summed E-state index contributed by atoms with van der Waals surface area (Å²) in [5.41, 5.74) is 1.62. The Morgan fingerprint density at radius 3 is 2.86 bits per heavy atom. The Balaban J connectivity index is 1.78. The van der Waals surface area contributed by atoms with Gasteiger partial charge in [0, 0.05) is 19.8 Å². The Morgan fingerprint density at radius 2 is 2.14 bits per heavy atom. The molecule has 0 radical (unpaired) electrons. The third-order valence-corrected chi connectivity index (χ3v) is 3.03. The van der Waals surface area contributed by atoms with E-state index < -0.39 is 5.97 Å². The van der Waals surface area contributed by atoms with Crippen LogP contribution in [0.15, 0.2) is 30.9 Å². The van der Waals surface area contributed by atoms with E-state index in [-0.39, 0.29) is 5.69 Å². The Kier molecular flexibility index (Phi) is 3.19. The fraction of sp³-hybridized carbons (Fsp3) is 0.154. The maximum atomic E-state index is 10.7. The number of aromatic nitrogens is 5. The molecule has 2 N–H and O–H groups in total. The summed E-state index contributed by atoms with van der Waals surface area (Å²) in [4.78, 5) is 23.0. The van der Waals surface area contributed by atoms with Gasteiger partial charge in [-0.15, -0.1) is 0 Å². The lowest BCUT2D eigenvalue weighted by atomic mass is 10.2. The molecule has 0 saturated carbocycles. The summed E-state index contributed by atoms with van der Waals surface area (Å²) in [5, 5.41) is 16.9. The van der Waals surface area contributed by atoms with Crippen molar-refractivity contribution < 1.29 is 9.90 Å². The van der Waals surface area contributed by atoms with E-state index in [2.05, 4.69) is 25.4 Å². The van der Waals surface area contributed by atoms with E-state index in [9.17, 15) is 4.79 Å². The number of aryl methyl sites for hydroxylation is 1. The summed E-state index contributed by atoms with van der Waals surface area (Å²) in [5.74, 6) is -0.363. The molecule has 3 aromatic heterocycles. The quantitative estimate of drug-likeness (QED) is 0.738. The molecule has 106 valence electrons. The lowest BCUT2D eigenvalue weighted by molar-refractivity contribution is 0.0690. The zero-order chi connectivity index (χ0) is 14.8. The Labute approximate surface area is 119 Å². The maximum absolute atomic E-state index is 10.7. The zero-order valence-electron chi connectivity index (χ0n) is 11.2. The number of carboxylic acids is 1. The van der Waals surface area contributed by atoms with E-state index in [0.29, 0.717) is 12.4 Å². The minimum absolute atomic E-state index is 0.0236. The van der Waals surface area contributed by atoms with Crippen LogP contribution in [0.1, 0.15) is 16.1 Å². The number of nitrogens with zero attached hydrogens (tertiary/aromatic N) is 5. The van der Waals surface area contributed by atoms with Crippen molar-refractivity contribution in [3.05, 3.63) is 42.1 Å². The van der Waals surface area contributed by atoms with Crippen LogP contribution in [0.5, 0.6) is 0 Å². The van der Waals surface area contributed by atoms with E-state index in [1.807, 2.05) is 7.05 Å². The molecule has 8 nitrogen and oxygen atoms in total. The van der Waals surface area contributed by atoms with Gasteiger partial charge in [0.05, 0.1) is 11.6 Å². The van der Waals surface area contributed by atoms with Crippen LogP contribution in [0, 0.1) is 0 Å². The molecule has 0 aliphatic carbocycles. The molecule has 8 heteroatoms. The molecule has 0 aliphatic heterocycles. The van der Waals surface area contributed by atoms with Crippen LogP contribution in [0.2, 0.25) is 0 Å². The maximum Gasteiger partial charge on any atom is 0.354 e. The Hall–Kier alpha value is -3.03. The average Bonchev–Trinajstić information content (AvgIpc) is 2.88. The van der Waals surface area contributed by atoms with Crippen molar-refractivity contribution in [2.45, 2.75) is 6.54 Å². The van der Waals surface area contributed by atoms with E-state index in [0.717, 1.165) is 16.6 Å². The average molecular weight is 284 g/mol. The fourth-order valence-corrected chi connectivity index (χ4v) is 1.94. The molecule has 3 heterocycles. The number of carbonyl (C=O) groups is 1. The normalized spacial score (nSPS) is 10.7. The summed E-state index contributed by atoms with van der Waals surface area (Å²) in [6.45, 7) is 0.480. The number of hydrogen-bond acceptors (Lipinski definition) is 6. The smallest absolute Gasteiger partial charge is 0.354 e. The van der Waals surface area contributed by atoms with Crippen LogP contribution in [0.25, 0.3) is 11.0 Å². The highest BCUT2D eigenvalue weighted by atomic mass is 16.4. The second-order valence-electron chi connectivity index (χ2n) is 4.44. The topological polar surface area (TPSA) is 106 Å². The van der Waals surface area contributed by atoms with Gasteiger partial charge in [-0.1, -0.05) is 6.07 Å². The molecule has 0 aliphatic rings. The lowest BCUT2D eigenvalue weighted by Crippen LogP contribution is -2.05. The fourth-order valence-electron chi connectivity index (χ4n) is 1.94. The highest BCUT2D eigenvalue weighted by Gasteiger charge is 2.08. The minimum Gasteiger partial charge on any atom is -0.477 e. The standard InChI is InChI=1S/C13H12N6O2/c1-19-12-9(6-18-19)11(16-7-17-12)15-5-8-2-3-10(13(20)21)14-4-8/h2-4,6-7H,5H2,1H3,(H,20,21)(H,15,16,17). The third-order valence-electron chi connectivity index (χ3n) is 3.03. The molecule has 3 aromatic rings. The molecule has 3 rings (SSSR count). The van der Waals surface area contributed by atoms with Crippen molar-refractivity contribution in [3.63, 3.8) is 0 Å². The molecule has 0 saturated heterocycles.